The van der Waals surface area contributed by atoms with Crippen molar-refractivity contribution in [1.29, 1.82) is 0 Å². The normalized spacial score (nSPS) is 11.4. The highest BCUT2D eigenvalue weighted by Crippen LogP contribution is 2.29. The minimum absolute atomic E-state index is 0.0684. The standard InChI is InChI=1S/C8H8Cl2O4S/c1-13-5-14-7-3-2-6(9)4-8(7)15(10,11)12/h2-4H,5H2,1H3. The highest BCUT2D eigenvalue weighted by molar-refractivity contribution is 8.13. The number of rotatable bonds is 4. The third-order valence-corrected chi connectivity index (χ3v) is 3.08. The summed E-state index contributed by atoms with van der Waals surface area (Å²) in [5.74, 6) is 0.108. The molecular weight excluding hydrogens is 263 g/mol. The van der Waals surface area contributed by atoms with Crippen molar-refractivity contribution in [2.24, 2.45) is 0 Å². The summed E-state index contributed by atoms with van der Waals surface area (Å²) in [5.41, 5.74) is 0. The molecule has 0 aliphatic rings. The number of hydrogen-bond acceptors (Lipinski definition) is 4. The molecule has 0 radical (unpaired) electrons. The highest BCUT2D eigenvalue weighted by atomic mass is 35.7. The van der Waals surface area contributed by atoms with E-state index in [1.54, 1.807) is 0 Å². The molecule has 0 aromatic heterocycles. The Bertz CT molecular complexity index is 444. The number of ether oxygens (including phenoxy) is 2. The van der Waals surface area contributed by atoms with Gasteiger partial charge in [-0.15, -0.1) is 0 Å². The Labute approximate surface area is 97.1 Å². The first-order valence-electron chi connectivity index (χ1n) is 3.81. The lowest BCUT2D eigenvalue weighted by molar-refractivity contribution is 0.0490. The zero-order chi connectivity index (χ0) is 11.5. The summed E-state index contributed by atoms with van der Waals surface area (Å²) < 4.78 is 32.0. The van der Waals surface area contributed by atoms with E-state index in [9.17, 15) is 8.42 Å². The number of halogens is 2. The molecule has 84 valence electrons. The second kappa shape index (κ2) is 5.03. The molecule has 0 atom stereocenters. The van der Waals surface area contributed by atoms with Crippen LogP contribution in [0, 0.1) is 0 Å². The Morgan fingerprint density at radius 2 is 2.07 bits per heavy atom. The average Bonchev–Trinajstić information content (AvgIpc) is 2.14. The first kappa shape index (κ1) is 12.6. The highest BCUT2D eigenvalue weighted by Gasteiger charge is 2.17. The van der Waals surface area contributed by atoms with Crippen molar-refractivity contribution in [2.45, 2.75) is 4.90 Å². The van der Waals surface area contributed by atoms with Gasteiger partial charge in [0.05, 0.1) is 0 Å². The van der Waals surface area contributed by atoms with Gasteiger partial charge in [-0.2, -0.15) is 0 Å². The summed E-state index contributed by atoms with van der Waals surface area (Å²) in [7, 11) is 2.75. The van der Waals surface area contributed by atoms with Crippen LogP contribution in [0.1, 0.15) is 0 Å². The minimum atomic E-state index is -3.88. The lowest BCUT2D eigenvalue weighted by Gasteiger charge is -2.08. The molecule has 0 saturated carbocycles. The maximum atomic E-state index is 11.2. The van der Waals surface area contributed by atoms with Crippen LogP contribution >= 0.6 is 22.3 Å². The molecule has 0 amide bonds. The molecule has 0 bridgehead atoms. The third-order valence-electron chi connectivity index (χ3n) is 1.50. The first-order valence-corrected chi connectivity index (χ1v) is 6.50. The first-order chi connectivity index (χ1) is 6.95. The summed E-state index contributed by atoms with van der Waals surface area (Å²) >= 11 is 5.65. The molecule has 0 fully saturated rings. The molecule has 4 nitrogen and oxygen atoms in total. The minimum Gasteiger partial charge on any atom is -0.466 e. The predicted molar refractivity (Wildman–Crippen MR) is 57.0 cm³/mol. The Hall–Kier alpha value is -0.490. The van der Waals surface area contributed by atoms with Gasteiger partial charge in [-0.05, 0) is 18.2 Å². The average molecular weight is 271 g/mol. The van der Waals surface area contributed by atoms with Crippen molar-refractivity contribution in [3.63, 3.8) is 0 Å². The Morgan fingerprint density at radius 1 is 1.40 bits per heavy atom. The molecule has 1 aromatic carbocycles. The van der Waals surface area contributed by atoms with Crippen LogP contribution in [0.3, 0.4) is 0 Å². The molecule has 0 aliphatic heterocycles. The maximum Gasteiger partial charge on any atom is 0.265 e. The van der Waals surface area contributed by atoms with Crippen LogP contribution in [-0.2, 0) is 13.8 Å². The van der Waals surface area contributed by atoms with E-state index in [1.165, 1.54) is 25.3 Å². The maximum absolute atomic E-state index is 11.2. The van der Waals surface area contributed by atoms with E-state index in [0.29, 0.717) is 0 Å². The van der Waals surface area contributed by atoms with Gasteiger partial charge in [-0.1, -0.05) is 11.6 Å². The molecule has 7 heteroatoms. The van der Waals surface area contributed by atoms with Crippen molar-refractivity contribution in [1.82, 2.24) is 0 Å². The zero-order valence-corrected chi connectivity index (χ0v) is 10.1. The molecule has 0 aliphatic carbocycles. The second-order valence-corrected chi connectivity index (χ2v) is 5.55. The van der Waals surface area contributed by atoms with Crippen molar-refractivity contribution >= 4 is 31.3 Å². The fourth-order valence-electron chi connectivity index (χ4n) is 0.914. The van der Waals surface area contributed by atoms with Gasteiger partial charge in [-0.25, -0.2) is 8.42 Å². The van der Waals surface area contributed by atoms with E-state index >= 15 is 0 Å². The van der Waals surface area contributed by atoms with Gasteiger partial charge < -0.3 is 9.47 Å². The summed E-state index contributed by atoms with van der Waals surface area (Å²) in [4.78, 5) is -0.172. The summed E-state index contributed by atoms with van der Waals surface area (Å²) in [6, 6.07) is 4.13. The SMILES string of the molecule is COCOc1ccc(Cl)cc1S(=O)(=O)Cl. The molecule has 0 spiro atoms. The molecule has 1 rings (SSSR count). The van der Waals surface area contributed by atoms with E-state index in [-0.39, 0.29) is 22.5 Å². The van der Waals surface area contributed by atoms with Gasteiger partial charge in [-0.3, -0.25) is 0 Å². The van der Waals surface area contributed by atoms with Gasteiger partial charge in [0.2, 0.25) is 0 Å². The molecule has 0 heterocycles. The van der Waals surface area contributed by atoms with E-state index in [4.69, 9.17) is 27.0 Å². The van der Waals surface area contributed by atoms with Crippen LogP contribution in [0.2, 0.25) is 5.02 Å². The Kier molecular flexibility index (Phi) is 4.21. The van der Waals surface area contributed by atoms with Gasteiger partial charge in [0.1, 0.15) is 10.6 Å². The fourth-order valence-corrected chi connectivity index (χ4v) is 2.15. The van der Waals surface area contributed by atoms with E-state index in [0.717, 1.165) is 0 Å². The Balaban J connectivity index is 3.15. The quantitative estimate of drug-likeness (QED) is 0.622. The summed E-state index contributed by atoms with van der Waals surface area (Å²) in [6.07, 6.45) is 0. The second-order valence-electron chi connectivity index (χ2n) is 2.58. The molecular formula is C8H8Cl2O4S. The van der Waals surface area contributed by atoms with Crippen LogP contribution in [0.5, 0.6) is 5.75 Å². The van der Waals surface area contributed by atoms with Crippen LogP contribution in [0.15, 0.2) is 23.1 Å². The lowest BCUT2D eigenvalue weighted by Crippen LogP contribution is -2.03. The summed E-state index contributed by atoms with van der Waals surface area (Å²) in [5, 5.41) is 0.263. The predicted octanol–water partition coefficient (Wildman–Crippen LogP) is 2.25. The third kappa shape index (κ3) is 3.53. The van der Waals surface area contributed by atoms with E-state index < -0.39 is 9.05 Å². The number of methoxy groups -OCH3 is 1. The van der Waals surface area contributed by atoms with Gasteiger partial charge >= 0.3 is 0 Å². The van der Waals surface area contributed by atoms with Crippen molar-refractivity contribution < 1.29 is 17.9 Å². The zero-order valence-electron chi connectivity index (χ0n) is 7.74. The largest absolute Gasteiger partial charge is 0.466 e. The van der Waals surface area contributed by atoms with E-state index in [2.05, 4.69) is 4.74 Å². The van der Waals surface area contributed by atoms with Crippen LogP contribution in [0.25, 0.3) is 0 Å². The van der Waals surface area contributed by atoms with Gasteiger partial charge in [0.25, 0.3) is 9.05 Å². The molecule has 0 saturated heterocycles. The summed E-state index contributed by atoms with van der Waals surface area (Å²) in [6.45, 7) is -0.0684. The fraction of sp³-hybridized carbons (Fsp3) is 0.250. The topological polar surface area (TPSA) is 52.6 Å². The monoisotopic (exact) mass is 270 g/mol. The molecule has 15 heavy (non-hydrogen) atoms. The van der Waals surface area contributed by atoms with Crippen molar-refractivity contribution in [3.05, 3.63) is 23.2 Å². The van der Waals surface area contributed by atoms with Gasteiger partial charge in [0, 0.05) is 22.8 Å². The van der Waals surface area contributed by atoms with Crippen molar-refractivity contribution in [3.8, 4) is 5.75 Å². The van der Waals surface area contributed by atoms with Crippen LogP contribution in [0.4, 0.5) is 0 Å². The lowest BCUT2D eigenvalue weighted by atomic mass is 10.3. The molecule has 0 unspecified atom stereocenters. The van der Waals surface area contributed by atoms with Crippen molar-refractivity contribution in [2.75, 3.05) is 13.9 Å². The van der Waals surface area contributed by atoms with Gasteiger partial charge in [0.15, 0.2) is 6.79 Å². The van der Waals surface area contributed by atoms with Crippen LogP contribution < -0.4 is 4.74 Å². The number of benzene rings is 1. The smallest absolute Gasteiger partial charge is 0.265 e. The molecule has 1 aromatic rings. The number of hydrogen-bond donors (Lipinski definition) is 0. The van der Waals surface area contributed by atoms with Crippen LogP contribution in [-0.4, -0.2) is 22.3 Å². The van der Waals surface area contributed by atoms with E-state index in [1.807, 2.05) is 0 Å². The molecule has 0 N–H and O–H groups in total. The Morgan fingerprint density at radius 3 is 2.60 bits per heavy atom.